The molecule has 0 saturated carbocycles. The number of benzene rings is 2. The molecule has 0 radical (unpaired) electrons. The van der Waals surface area contributed by atoms with Crippen LogP contribution in [-0.2, 0) is 16.1 Å². The van der Waals surface area contributed by atoms with E-state index in [4.69, 9.17) is 26.8 Å². The van der Waals surface area contributed by atoms with Crippen molar-refractivity contribution in [3.05, 3.63) is 83.9 Å². The summed E-state index contributed by atoms with van der Waals surface area (Å²) in [4.78, 5) is 26.7. The number of halogens is 1. The number of nitrogens with two attached hydrogens (primary N) is 1. The lowest BCUT2D eigenvalue weighted by atomic mass is 10.2. The van der Waals surface area contributed by atoms with Crippen molar-refractivity contribution in [1.29, 1.82) is 0 Å². The number of nitrogens with zero attached hydrogens (tertiary/aromatic N) is 1. The van der Waals surface area contributed by atoms with Gasteiger partial charge in [0, 0.05) is 17.4 Å². The summed E-state index contributed by atoms with van der Waals surface area (Å²) in [6, 6.07) is 17.4. The highest BCUT2D eigenvalue weighted by Gasteiger charge is 2.09. The molecule has 8 nitrogen and oxygen atoms in total. The van der Waals surface area contributed by atoms with Crippen LogP contribution in [-0.4, -0.2) is 17.0 Å². The molecule has 1 aromatic heterocycles. The van der Waals surface area contributed by atoms with Crippen LogP contribution in [0.25, 0.3) is 0 Å². The third kappa shape index (κ3) is 6.48. The van der Waals surface area contributed by atoms with E-state index in [1.165, 1.54) is 6.08 Å². The minimum absolute atomic E-state index is 0.0615. The number of anilines is 3. The van der Waals surface area contributed by atoms with E-state index in [1.54, 1.807) is 54.6 Å². The van der Waals surface area contributed by atoms with Gasteiger partial charge < -0.3 is 25.8 Å². The molecule has 2 amide bonds. The van der Waals surface area contributed by atoms with E-state index in [0.717, 1.165) is 11.3 Å². The van der Waals surface area contributed by atoms with Gasteiger partial charge in [0.2, 0.25) is 11.8 Å². The standard InChI is InChI=1S/C22H19ClN4O4/c1-2-20(28)26-16-7-4-8-17(12-16)31-21-18(23)9-10-19(27-21)25-15-6-3-5-14(11-15)13-30-22(24)29/h2-12H,1,13H2,(H2,24,29)(H,25,27)(H,26,28). The maximum absolute atomic E-state index is 11.5. The number of nitrogens with one attached hydrogen (secondary N) is 2. The van der Waals surface area contributed by atoms with Crippen molar-refractivity contribution in [2.24, 2.45) is 5.73 Å². The lowest BCUT2D eigenvalue weighted by Gasteiger charge is -2.12. The fourth-order valence-corrected chi connectivity index (χ4v) is 2.69. The van der Waals surface area contributed by atoms with Gasteiger partial charge in [-0.1, -0.05) is 36.4 Å². The van der Waals surface area contributed by atoms with E-state index in [9.17, 15) is 9.59 Å². The number of primary amides is 1. The van der Waals surface area contributed by atoms with Crippen molar-refractivity contribution in [2.75, 3.05) is 10.6 Å². The average molecular weight is 439 g/mol. The van der Waals surface area contributed by atoms with Crippen LogP contribution < -0.4 is 21.1 Å². The summed E-state index contributed by atoms with van der Waals surface area (Å²) in [5, 5.41) is 6.11. The molecule has 3 rings (SSSR count). The van der Waals surface area contributed by atoms with Crippen LogP contribution in [0.5, 0.6) is 11.6 Å². The molecule has 0 atom stereocenters. The number of aromatic nitrogens is 1. The predicted octanol–water partition coefficient (Wildman–Crippen LogP) is 4.99. The van der Waals surface area contributed by atoms with Crippen molar-refractivity contribution in [3.8, 4) is 11.6 Å². The third-order valence-corrected chi connectivity index (χ3v) is 4.18. The van der Waals surface area contributed by atoms with Crippen molar-refractivity contribution >= 4 is 40.8 Å². The van der Waals surface area contributed by atoms with Crippen molar-refractivity contribution < 1.29 is 19.1 Å². The number of hydrogen-bond acceptors (Lipinski definition) is 6. The van der Waals surface area contributed by atoms with E-state index >= 15 is 0 Å². The van der Waals surface area contributed by atoms with E-state index in [0.29, 0.717) is 22.3 Å². The molecule has 0 spiro atoms. The van der Waals surface area contributed by atoms with Gasteiger partial charge in [0.1, 0.15) is 23.2 Å². The number of carbonyl (C=O) groups is 2. The first-order chi connectivity index (χ1) is 14.9. The van der Waals surface area contributed by atoms with E-state index in [-0.39, 0.29) is 18.4 Å². The average Bonchev–Trinajstić information content (AvgIpc) is 2.75. The molecule has 0 unspecified atom stereocenters. The minimum atomic E-state index is -0.840. The molecule has 3 aromatic rings. The molecule has 158 valence electrons. The molecular weight excluding hydrogens is 420 g/mol. The van der Waals surface area contributed by atoms with Crippen LogP contribution in [0.15, 0.2) is 73.3 Å². The Hall–Kier alpha value is -4.04. The maximum atomic E-state index is 11.5. The first kappa shape index (κ1) is 21.7. The summed E-state index contributed by atoms with van der Waals surface area (Å²) >= 11 is 6.23. The fraction of sp³-hybridized carbons (Fsp3) is 0.0455. The highest BCUT2D eigenvalue weighted by molar-refractivity contribution is 6.31. The number of amides is 2. The molecule has 0 fully saturated rings. The summed E-state index contributed by atoms with van der Waals surface area (Å²) in [5.41, 5.74) is 7.02. The van der Waals surface area contributed by atoms with Crippen molar-refractivity contribution in [2.45, 2.75) is 6.61 Å². The lowest BCUT2D eigenvalue weighted by molar-refractivity contribution is -0.111. The smallest absolute Gasteiger partial charge is 0.404 e. The summed E-state index contributed by atoms with van der Waals surface area (Å²) in [6.07, 6.45) is 0.337. The van der Waals surface area contributed by atoms with E-state index < -0.39 is 6.09 Å². The Morgan fingerprint density at radius 3 is 2.65 bits per heavy atom. The Morgan fingerprint density at radius 2 is 1.87 bits per heavy atom. The molecular formula is C22H19ClN4O4. The normalized spacial score (nSPS) is 10.1. The van der Waals surface area contributed by atoms with E-state index in [1.807, 2.05) is 6.07 Å². The highest BCUT2D eigenvalue weighted by atomic mass is 35.5. The summed E-state index contributed by atoms with van der Waals surface area (Å²) in [5.74, 6) is 0.789. The van der Waals surface area contributed by atoms with Gasteiger partial charge in [0.05, 0.1) is 0 Å². The number of carbonyl (C=O) groups excluding carboxylic acids is 2. The monoisotopic (exact) mass is 438 g/mol. The minimum Gasteiger partial charge on any atom is -0.445 e. The van der Waals surface area contributed by atoms with Gasteiger partial charge in [0.15, 0.2) is 0 Å². The SMILES string of the molecule is C=CC(=O)Nc1cccc(Oc2nc(Nc3cccc(COC(N)=O)c3)ccc2Cl)c1. The Kier molecular flexibility index (Phi) is 7.08. The molecule has 1 heterocycles. The van der Waals surface area contributed by atoms with Crippen LogP contribution in [0.2, 0.25) is 5.02 Å². The lowest BCUT2D eigenvalue weighted by Crippen LogP contribution is -2.12. The quantitative estimate of drug-likeness (QED) is 0.426. The van der Waals surface area contributed by atoms with Gasteiger partial charge in [-0.15, -0.1) is 0 Å². The second kappa shape index (κ2) is 10.1. The molecule has 9 heteroatoms. The largest absolute Gasteiger partial charge is 0.445 e. The zero-order valence-corrected chi connectivity index (χ0v) is 17.1. The number of rotatable bonds is 8. The molecule has 31 heavy (non-hydrogen) atoms. The topological polar surface area (TPSA) is 116 Å². The molecule has 0 saturated heterocycles. The van der Waals surface area contributed by atoms with Crippen LogP contribution >= 0.6 is 11.6 Å². The second-order valence-corrected chi connectivity index (χ2v) is 6.65. The van der Waals surface area contributed by atoms with Gasteiger partial charge in [-0.3, -0.25) is 4.79 Å². The summed E-state index contributed by atoms with van der Waals surface area (Å²) in [7, 11) is 0. The first-order valence-electron chi connectivity index (χ1n) is 9.09. The number of hydrogen-bond donors (Lipinski definition) is 3. The van der Waals surface area contributed by atoms with Gasteiger partial charge in [-0.2, -0.15) is 4.98 Å². The van der Waals surface area contributed by atoms with Crippen molar-refractivity contribution in [1.82, 2.24) is 4.98 Å². The number of pyridine rings is 1. The van der Waals surface area contributed by atoms with Gasteiger partial charge >= 0.3 is 6.09 Å². The second-order valence-electron chi connectivity index (χ2n) is 6.24. The third-order valence-electron chi connectivity index (χ3n) is 3.90. The molecule has 0 aliphatic carbocycles. The molecule has 0 aliphatic heterocycles. The maximum Gasteiger partial charge on any atom is 0.404 e. The zero-order valence-electron chi connectivity index (χ0n) is 16.3. The summed E-state index contributed by atoms with van der Waals surface area (Å²) < 4.78 is 10.6. The number of ether oxygens (including phenoxy) is 2. The first-order valence-corrected chi connectivity index (χ1v) is 9.47. The Morgan fingerprint density at radius 1 is 1.10 bits per heavy atom. The molecule has 4 N–H and O–H groups in total. The van der Waals surface area contributed by atoms with Crippen LogP contribution in [0.3, 0.4) is 0 Å². The molecule has 2 aromatic carbocycles. The Balaban J connectivity index is 1.74. The highest BCUT2D eigenvalue weighted by Crippen LogP contribution is 2.31. The van der Waals surface area contributed by atoms with Gasteiger partial charge in [-0.25, -0.2) is 4.79 Å². The van der Waals surface area contributed by atoms with Crippen LogP contribution in [0, 0.1) is 0 Å². The Bertz CT molecular complexity index is 1120. The van der Waals surface area contributed by atoms with Crippen LogP contribution in [0.1, 0.15) is 5.56 Å². The zero-order chi connectivity index (χ0) is 22.2. The van der Waals surface area contributed by atoms with E-state index in [2.05, 4.69) is 22.2 Å². The van der Waals surface area contributed by atoms with Crippen molar-refractivity contribution in [3.63, 3.8) is 0 Å². The molecule has 0 aliphatic rings. The summed E-state index contributed by atoms with van der Waals surface area (Å²) in [6.45, 7) is 3.48. The molecule has 0 bridgehead atoms. The van der Waals surface area contributed by atoms with Gasteiger partial charge in [-0.05, 0) is 48.0 Å². The Labute approximate surface area is 183 Å². The van der Waals surface area contributed by atoms with Gasteiger partial charge in [0.25, 0.3) is 0 Å². The predicted molar refractivity (Wildman–Crippen MR) is 119 cm³/mol. The fourth-order valence-electron chi connectivity index (χ4n) is 2.55. The van der Waals surface area contributed by atoms with Crippen LogP contribution in [0.4, 0.5) is 22.0 Å².